The maximum absolute atomic E-state index is 12.9. The van der Waals surface area contributed by atoms with Crippen LogP contribution in [-0.2, 0) is 10.0 Å². The standard InChI is InChI=1S/C18H29N3O3S/c1-3-19-15(2)14-20-18(22)16-9-8-10-17(13-16)25(23,24)21-11-6-4-5-7-12-21/h8-10,13,15,19H,3-7,11-12,14H2,1-2H3,(H,20,22)/t15-/m1/s1. The van der Waals surface area contributed by atoms with Crippen LogP contribution in [0.15, 0.2) is 29.2 Å². The summed E-state index contributed by atoms with van der Waals surface area (Å²) in [5, 5.41) is 6.06. The summed E-state index contributed by atoms with van der Waals surface area (Å²) in [6.07, 6.45) is 3.92. The number of amides is 1. The highest BCUT2D eigenvalue weighted by Crippen LogP contribution is 2.21. The van der Waals surface area contributed by atoms with Crippen LogP contribution in [0.4, 0.5) is 0 Å². The average molecular weight is 368 g/mol. The quantitative estimate of drug-likeness (QED) is 0.772. The van der Waals surface area contributed by atoms with Crippen molar-refractivity contribution in [1.82, 2.24) is 14.9 Å². The number of sulfonamides is 1. The molecule has 1 aromatic rings. The molecule has 0 saturated carbocycles. The summed E-state index contributed by atoms with van der Waals surface area (Å²) in [6, 6.07) is 6.49. The van der Waals surface area contributed by atoms with Gasteiger partial charge in [-0.3, -0.25) is 4.79 Å². The van der Waals surface area contributed by atoms with Crippen LogP contribution < -0.4 is 10.6 Å². The Kier molecular flexibility index (Phi) is 7.40. The highest BCUT2D eigenvalue weighted by atomic mass is 32.2. The molecular weight excluding hydrogens is 338 g/mol. The molecule has 0 spiro atoms. The molecule has 1 aromatic carbocycles. The number of hydrogen-bond donors (Lipinski definition) is 2. The fraction of sp³-hybridized carbons (Fsp3) is 0.611. The van der Waals surface area contributed by atoms with Crippen LogP contribution in [0.5, 0.6) is 0 Å². The fourth-order valence-corrected chi connectivity index (χ4v) is 4.56. The van der Waals surface area contributed by atoms with Gasteiger partial charge in [0.1, 0.15) is 0 Å². The summed E-state index contributed by atoms with van der Waals surface area (Å²) in [5.74, 6) is -0.252. The largest absolute Gasteiger partial charge is 0.350 e. The SMILES string of the molecule is CCN[C@H](C)CNC(=O)c1cccc(S(=O)(=O)N2CCCCCC2)c1. The Labute approximate surface area is 151 Å². The Morgan fingerprint density at radius 1 is 1.20 bits per heavy atom. The highest BCUT2D eigenvalue weighted by Gasteiger charge is 2.25. The minimum absolute atomic E-state index is 0.165. The molecule has 1 saturated heterocycles. The molecule has 0 unspecified atom stereocenters. The lowest BCUT2D eigenvalue weighted by Crippen LogP contribution is -2.38. The molecule has 1 aliphatic rings. The van der Waals surface area contributed by atoms with E-state index in [1.807, 2.05) is 13.8 Å². The van der Waals surface area contributed by atoms with Crippen molar-refractivity contribution in [3.05, 3.63) is 29.8 Å². The van der Waals surface area contributed by atoms with Gasteiger partial charge < -0.3 is 10.6 Å². The van der Waals surface area contributed by atoms with E-state index in [-0.39, 0.29) is 16.8 Å². The van der Waals surface area contributed by atoms with E-state index in [0.29, 0.717) is 25.2 Å². The van der Waals surface area contributed by atoms with Crippen molar-refractivity contribution in [3.63, 3.8) is 0 Å². The first-order valence-corrected chi connectivity index (χ1v) is 10.5. The molecular formula is C18H29N3O3S. The topological polar surface area (TPSA) is 78.5 Å². The average Bonchev–Trinajstić information content (AvgIpc) is 2.90. The molecule has 0 radical (unpaired) electrons. The summed E-state index contributed by atoms with van der Waals surface area (Å²) in [7, 11) is -3.54. The summed E-state index contributed by atoms with van der Waals surface area (Å²) >= 11 is 0. The van der Waals surface area contributed by atoms with Gasteiger partial charge in [-0.2, -0.15) is 4.31 Å². The van der Waals surface area contributed by atoms with Gasteiger partial charge in [0.15, 0.2) is 0 Å². The van der Waals surface area contributed by atoms with E-state index in [1.165, 1.54) is 6.07 Å². The summed E-state index contributed by atoms with van der Waals surface area (Å²) in [6.45, 7) is 6.44. The molecule has 0 aromatic heterocycles. The second-order valence-corrected chi connectivity index (χ2v) is 8.45. The van der Waals surface area contributed by atoms with Crippen molar-refractivity contribution in [2.45, 2.75) is 50.5 Å². The lowest BCUT2D eigenvalue weighted by Gasteiger charge is -2.20. The van der Waals surface area contributed by atoms with Crippen molar-refractivity contribution in [3.8, 4) is 0 Å². The molecule has 0 aliphatic carbocycles. The van der Waals surface area contributed by atoms with Gasteiger partial charge in [-0.25, -0.2) is 8.42 Å². The van der Waals surface area contributed by atoms with Crippen LogP contribution in [0, 0.1) is 0 Å². The lowest BCUT2D eigenvalue weighted by atomic mass is 10.2. The predicted octanol–water partition coefficient (Wildman–Crippen LogP) is 1.98. The third-order valence-corrected chi connectivity index (χ3v) is 6.32. The Hall–Kier alpha value is -1.44. The van der Waals surface area contributed by atoms with E-state index in [0.717, 1.165) is 32.2 Å². The number of carbonyl (C=O) groups excluding carboxylic acids is 1. The van der Waals surface area contributed by atoms with Crippen molar-refractivity contribution < 1.29 is 13.2 Å². The zero-order chi connectivity index (χ0) is 18.3. The summed E-state index contributed by atoms with van der Waals surface area (Å²) in [5.41, 5.74) is 0.375. The molecule has 140 valence electrons. The maximum atomic E-state index is 12.9. The van der Waals surface area contributed by atoms with Gasteiger partial charge in [0.05, 0.1) is 4.90 Å². The van der Waals surface area contributed by atoms with Crippen LogP contribution >= 0.6 is 0 Å². The number of likely N-dealkylation sites (N-methyl/N-ethyl adjacent to an activating group) is 1. The smallest absolute Gasteiger partial charge is 0.251 e. The Morgan fingerprint density at radius 2 is 1.88 bits per heavy atom. The number of nitrogens with zero attached hydrogens (tertiary/aromatic N) is 1. The second-order valence-electron chi connectivity index (χ2n) is 6.51. The number of carbonyl (C=O) groups is 1. The van der Waals surface area contributed by atoms with Gasteiger partial charge in [-0.1, -0.05) is 25.8 Å². The first-order chi connectivity index (χ1) is 11.9. The van der Waals surface area contributed by atoms with E-state index in [9.17, 15) is 13.2 Å². The first kappa shape index (κ1) is 19.9. The molecule has 2 N–H and O–H groups in total. The fourth-order valence-electron chi connectivity index (χ4n) is 3.00. The number of hydrogen-bond acceptors (Lipinski definition) is 4. The van der Waals surface area contributed by atoms with Crippen molar-refractivity contribution >= 4 is 15.9 Å². The second kappa shape index (κ2) is 9.31. The minimum atomic E-state index is -3.54. The third-order valence-electron chi connectivity index (χ3n) is 4.42. The van der Waals surface area contributed by atoms with Gasteiger partial charge >= 0.3 is 0 Å². The molecule has 0 bridgehead atoms. The zero-order valence-corrected chi connectivity index (χ0v) is 15.9. The maximum Gasteiger partial charge on any atom is 0.251 e. The van der Waals surface area contributed by atoms with Gasteiger partial charge in [0.2, 0.25) is 10.0 Å². The van der Waals surface area contributed by atoms with Gasteiger partial charge in [0, 0.05) is 31.2 Å². The van der Waals surface area contributed by atoms with E-state index >= 15 is 0 Å². The molecule has 1 aliphatic heterocycles. The molecule has 6 nitrogen and oxygen atoms in total. The molecule has 1 amide bonds. The molecule has 1 fully saturated rings. The van der Waals surface area contributed by atoms with Crippen LogP contribution in [0.25, 0.3) is 0 Å². The Morgan fingerprint density at radius 3 is 2.52 bits per heavy atom. The number of benzene rings is 1. The summed E-state index contributed by atoms with van der Waals surface area (Å²) < 4.78 is 27.2. The van der Waals surface area contributed by atoms with Crippen LogP contribution in [0.3, 0.4) is 0 Å². The minimum Gasteiger partial charge on any atom is -0.350 e. The van der Waals surface area contributed by atoms with E-state index in [2.05, 4.69) is 10.6 Å². The Balaban J connectivity index is 2.10. The predicted molar refractivity (Wildman–Crippen MR) is 99.1 cm³/mol. The molecule has 2 rings (SSSR count). The van der Waals surface area contributed by atoms with Gasteiger partial charge in [0.25, 0.3) is 5.91 Å². The van der Waals surface area contributed by atoms with Crippen molar-refractivity contribution in [1.29, 1.82) is 0 Å². The highest BCUT2D eigenvalue weighted by molar-refractivity contribution is 7.89. The third kappa shape index (κ3) is 5.52. The van der Waals surface area contributed by atoms with E-state index in [1.54, 1.807) is 22.5 Å². The molecule has 1 heterocycles. The van der Waals surface area contributed by atoms with Crippen LogP contribution in [0.2, 0.25) is 0 Å². The lowest BCUT2D eigenvalue weighted by molar-refractivity contribution is 0.0950. The summed E-state index contributed by atoms with van der Waals surface area (Å²) in [4.78, 5) is 12.5. The normalized spacial score (nSPS) is 17.7. The van der Waals surface area contributed by atoms with E-state index in [4.69, 9.17) is 0 Å². The Bertz CT molecular complexity index is 668. The van der Waals surface area contributed by atoms with Gasteiger partial charge in [-0.15, -0.1) is 0 Å². The van der Waals surface area contributed by atoms with Gasteiger partial charge in [-0.05, 0) is 44.5 Å². The van der Waals surface area contributed by atoms with E-state index < -0.39 is 10.0 Å². The zero-order valence-electron chi connectivity index (χ0n) is 15.1. The van der Waals surface area contributed by atoms with Crippen LogP contribution in [0.1, 0.15) is 49.9 Å². The van der Waals surface area contributed by atoms with Crippen molar-refractivity contribution in [2.24, 2.45) is 0 Å². The van der Waals surface area contributed by atoms with Crippen molar-refractivity contribution in [2.75, 3.05) is 26.2 Å². The molecule has 7 heteroatoms. The monoisotopic (exact) mass is 367 g/mol. The molecule has 1 atom stereocenters. The van der Waals surface area contributed by atoms with Crippen LogP contribution in [-0.4, -0.2) is 50.9 Å². The number of rotatable bonds is 7. The first-order valence-electron chi connectivity index (χ1n) is 9.07. The number of nitrogens with one attached hydrogen (secondary N) is 2. The molecule has 25 heavy (non-hydrogen) atoms.